The molecule has 2 aliphatic rings. The molecule has 2 fully saturated rings. The first-order chi connectivity index (χ1) is 13.0. The van der Waals surface area contributed by atoms with Gasteiger partial charge in [0.1, 0.15) is 5.82 Å². The molecule has 0 spiro atoms. The van der Waals surface area contributed by atoms with Crippen LogP contribution in [-0.4, -0.2) is 74.7 Å². The summed E-state index contributed by atoms with van der Waals surface area (Å²) in [4.78, 5) is 11.1. The molecule has 0 aliphatic carbocycles. The standard InChI is InChI=1S/C17H27ClN6O2S/c1-2-19-17(21-8-11-24-9-4-12-27(24,25)26)22-14-6-10-23(13-14)16-15(18)5-3-7-20-16/h3,5,7,14H,2,4,6,8-13H2,1H3,(H2,19,21,22). The maximum absolute atomic E-state index is 11.9. The minimum Gasteiger partial charge on any atom is -0.357 e. The number of hydrogen-bond acceptors (Lipinski definition) is 5. The van der Waals surface area contributed by atoms with E-state index in [-0.39, 0.29) is 11.8 Å². The average Bonchev–Trinajstić information content (AvgIpc) is 3.22. The molecule has 2 saturated heterocycles. The lowest BCUT2D eigenvalue weighted by Crippen LogP contribution is -2.45. The third kappa shape index (κ3) is 5.24. The van der Waals surface area contributed by atoms with Gasteiger partial charge in [-0.15, -0.1) is 0 Å². The van der Waals surface area contributed by atoms with Gasteiger partial charge >= 0.3 is 0 Å². The number of halogens is 1. The first-order valence-corrected chi connectivity index (χ1v) is 11.4. The van der Waals surface area contributed by atoms with Crippen molar-refractivity contribution >= 4 is 33.4 Å². The van der Waals surface area contributed by atoms with E-state index in [1.807, 2.05) is 19.1 Å². The van der Waals surface area contributed by atoms with Crippen LogP contribution in [0.25, 0.3) is 0 Å². The molecule has 1 aromatic heterocycles. The quantitative estimate of drug-likeness (QED) is 0.531. The molecule has 1 unspecified atom stereocenters. The van der Waals surface area contributed by atoms with E-state index in [9.17, 15) is 8.42 Å². The van der Waals surface area contributed by atoms with Crippen LogP contribution in [0.2, 0.25) is 5.02 Å². The van der Waals surface area contributed by atoms with Gasteiger partial charge in [0.2, 0.25) is 10.0 Å². The third-order valence-corrected chi connectivity index (χ3v) is 6.99. The topological polar surface area (TPSA) is 89.9 Å². The number of nitrogens with zero attached hydrogens (tertiary/aromatic N) is 4. The van der Waals surface area contributed by atoms with Gasteiger partial charge in [0.05, 0.1) is 17.3 Å². The molecule has 2 N–H and O–H groups in total. The molecule has 0 radical (unpaired) electrons. The van der Waals surface area contributed by atoms with Crippen molar-refractivity contribution in [3.8, 4) is 0 Å². The number of hydrogen-bond donors (Lipinski definition) is 2. The fraction of sp³-hybridized carbons (Fsp3) is 0.647. The van der Waals surface area contributed by atoms with Gasteiger partial charge in [-0.25, -0.2) is 17.7 Å². The molecule has 10 heteroatoms. The van der Waals surface area contributed by atoms with Crippen LogP contribution in [0.15, 0.2) is 23.3 Å². The summed E-state index contributed by atoms with van der Waals surface area (Å²) in [5, 5.41) is 7.33. The SMILES string of the molecule is CCNC(=NCCN1CCCS1(=O)=O)NC1CCN(c2ncccc2Cl)C1. The van der Waals surface area contributed by atoms with Gasteiger partial charge in [0, 0.05) is 45.0 Å². The zero-order valence-corrected chi connectivity index (χ0v) is 17.1. The third-order valence-electron chi connectivity index (χ3n) is 4.73. The number of pyridine rings is 1. The van der Waals surface area contributed by atoms with Crippen molar-refractivity contribution in [2.45, 2.75) is 25.8 Å². The monoisotopic (exact) mass is 414 g/mol. The molecule has 0 amide bonds. The lowest BCUT2D eigenvalue weighted by Gasteiger charge is -2.20. The van der Waals surface area contributed by atoms with Gasteiger partial charge in [-0.1, -0.05) is 11.6 Å². The molecule has 0 aromatic carbocycles. The Bertz CT molecular complexity index is 772. The Hall–Kier alpha value is -1.58. The molecule has 3 heterocycles. The minimum atomic E-state index is -3.06. The molecule has 0 saturated carbocycles. The first kappa shape index (κ1) is 20.2. The zero-order valence-electron chi connectivity index (χ0n) is 15.6. The Morgan fingerprint density at radius 1 is 1.44 bits per heavy atom. The molecule has 1 aromatic rings. The van der Waals surface area contributed by atoms with E-state index in [1.54, 1.807) is 6.20 Å². The molecular formula is C17H27ClN6O2S. The van der Waals surface area contributed by atoms with E-state index < -0.39 is 10.0 Å². The molecule has 3 rings (SSSR count). The number of sulfonamides is 1. The van der Waals surface area contributed by atoms with Crippen molar-refractivity contribution in [3.63, 3.8) is 0 Å². The molecule has 8 nitrogen and oxygen atoms in total. The van der Waals surface area contributed by atoms with Crippen LogP contribution in [0.5, 0.6) is 0 Å². The van der Waals surface area contributed by atoms with Crippen LogP contribution in [0.3, 0.4) is 0 Å². The number of nitrogens with one attached hydrogen (secondary N) is 2. The second kappa shape index (κ2) is 9.07. The van der Waals surface area contributed by atoms with E-state index in [4.69, 9.17) is 11.6 Å². The number of aromatic nitrogens is 1. The highest BCUT2D eigenvalue weighted by atomic mass is 35.5. The van der Waals surface area contributed by atoms with E-state index in [2.05, 4.69) is 25.5 Å². The molecule has 150 valence electrons. The molecular weight excluding hydrogens is 388 g/mol. The number of aliphatic imine (C=N–C) groups is 1. The highest BCUT2D eigenvalue weighted by Gasteiger charge is 2.28. The maximum Gasteiger partial charge on any atom is 0.214 e. The van der Waals surface area contributed by atoms with E-state index in [0.717, 1.165) is 31.9 Å². The summed E-state index contributed by atoms with van der Waals surface area (Å²) in [5.74, 6) is 1.78. The van der Waals surface area contributed by atoms with Crippen molar-refractivity contribution in [1.82, 2.24) is 19.9 Å². The van der Waals surface area contributed by atoms with Crippen LogP contribution in [0.1, 0.15) is 19.8 Å². The summed E-state index contributed by atoms with van der Waals surface area (Å²) in [6.45, 7) is 5.90. The zero-order chi connectivity index (χ0) is 19.3. The predicted octanol–water partition coefficient (Wildman–Crippen LogP) is 0.904. The summed E-state index contributed by atoms with van der Waals surface area (Å²) in [6, 6.07) is 3.91. The Labute approximate surface area is 166 Å². The van der Waals surface area contributed by atoms with E-state index in [0.29, 0.717) is 37.0 Å². The lowest BCUT2D eigenvalue weighted by atomic mass is 10.3. The van der Waals surface area contributed by atoms with E-state index >= 15 is 0 Å². The Morgan fingerprint density at radius 3 is 3.00 bits per heavy atom. The normalized spacial score (nSPS) is 23.0. The second-order valence-electron chi connectivity index (χ2n) is 6.71. The number of anilines is 1. The van der Waals surface area contributed by atoms with Crippen molar-refractivity contribution in [3.05, 3.63) is 23.4 Å². The van der Waals surface area contributed by atoms with Crippen molar-refractivity contribution < 1.29 is 8.42 Å². The maximum atomic E-state index is 11.9. The van der Waals surface area contributed by atoms with Crippen LogP contribution in [0.4, 0.5) is 5.82 Å². The summed E-state index contributed by atoms with van der Waals surface area (Å²) >= 11 is 6.25. The lowest BCUT2D eigenvalue weighted by molar-refractivity contribution is 0.451. The number of rotatable bonds is 6. The fourth-order valence-corrected chi connectivity index (χ4v) is 5.17. The van der Waals surface area contributed by atoms with Crippen molar-refractivity contribution in [2.75, 3.05) is 49.9 Å². The van der Waals surface area contributed by atoms with Crippen LogP contribution in [-0.2, 0) is 10.0 Å². The summed E-state index contributed by atoms with van der Waals surface area (Å²) in [6.07, 6.45) is 3.41. The molecule has 2 aliphatic heterocycles. The Kier molecular flexibility index (Phi) is 6.78. The van der Waals surface area contributed by atoms with Crippen LogP contribution < -0.4 is 15.5 Å². The van der Waals surface area contributed by atoms with Crippen LogP contribution in [0, 0.1) is 0 Å². The van der Waals surface area contributed by atoms with Gasteiger partial charge in [-0.3, -0.25) is 4.99 Å². The summed E-state index contributed by atoms with van der Waals surface area (Å²) in [7, 11) is -3.06. The van der Waals surface area contributed by atoms with Gasteiger partial charge in [-0.05, 0) is 31.9 Å². The van der Waals surface area contributed by atoms with E-state index in [1.165, 1.54) is 4.31 Å². The van der Waals surface area contributed by atoms with Gasteiger partial charge in [0.15, 0.2) is 5.96 Å². The predicted molar refractivity (Wildman–Crippen MR) is 109 cm³/mol. The van der Waals surface area contributed by atoms with Gasteiger partial charge < -0.3 is 15.5 Å². The van der Waals surface area contributed by atoms with Crippen LogP contribution >= 0.6 is 11.6 Å². The fourth-order valence-electron chi connectivity index (χ4n) is 3.41. The molecule has 1 atom stereocenters. The van der Waals surface area contributed by atoms with Gasteiger partial charge in [-0.2, -0.15) is 0 Å². The smallest absolute Gasteiger partial charge is 0.214 e. The average molecular weight is 415 g/mol. The molecule has 27 heavy (non-hydrogen) atoms. The highest BCUT2D eigenvalue weighted by molar-refractivity contribution is 7.89. The second-order valence-corrected chi connectivity index (χ2v) is 9.21. The minimum absolute atomic E-state index is 0.233. The summed E-state index contributed by atoms with van der Waals surface area (Å²) in [5.41, 5.74) is 0. The highest BCUT2D eigenvalue weighted by Crippen LogP contribution is 2.25. The van der Waals surface area contributed by atoms with Gasteiger partial charge in [0.25, 0.3) is 0 Å². The summed E-state index contributed by atoms with van der Waals surface area (Å²) < 4.78 is 25.3. The first-order valence-electron chi connectivity index (χ1n) is 9.37. The Morgan fingerprint density at radius 2 is 2.30 bits per heavy atom. The molecule has 0 bridgehead atoms. The largest absolute Gasteiger partial charge is 0.357 e. The van der Waals surface area contributed by atoms with Crippen molar-refractivity contribution in [2.24, 2.45) is 4.99 Å². The Balaban J connectivity index is 1.54. The number of guanidine groups is 1. The van der Waals surface area contributed by atoms with Crippen molar-refractivity contribution in [1.29, 1.82) is 0 Å².